The summed E-state index contributed by atoms with van der Waals surface area (Å²) in [7, 11) is 3.77. The van der Waals surface area contributed by atoms with Crippen LogP contribution < -0.4 is 5.32 Å². The standard InChI is InChI=1S/C18H33N5O2S.HI/c1-5-19-18(20-7-6-8-23-9-11-25-12-10-23)22(3)13-16-14-26-17(21-16)15(2)24-4;/h14-15H,5-13H2,1-4H3,(H,19,20);1H. The molecule has 0 saturated carbocycles. The van der Waals surface area contributed by atoms with Crippen LogP contribution in [0.2, 0.25) is 0 Å². The van der Waals surface area contributed by atoms with Crippen LogP contribution in [0.1, 0.15) is 37.1 Å². The number of hydrogen-bond donors (Lipinski definition) is 1. The first-order valence-electron chi connectivity index (χ1n) is 9.40. The van der Waals surface area contributed by atoms with E-state index >= 15 is 0 Å². The number of nitrogens with zero attached hydrogens (tertiary/aromatic N) is 4. The molecule has 0 radical (unpaired) electrons. The molecule has 1 aromatic heterocycles. The minimum atomic E-state index is 0. The first kappa shape index (κ1) is 24.5. The fourth-order valence-corrected chi connectivity index (χ4v) is 3.62. The zero-order valence-corrected chi connectivity index (χ0v) is 20.1. The van der Waals surface area contributed by atoms with Crippen molar-refractivity contribution in [1.82, 2.24) is 20.1 Å². The van der Waals surface area contributed by atoms with E-state index in [1.807, 2.05) is 6.92 Å². The minimum Gasteiger partial charge on any atom is -0.379 e. The zero-order chi connectivity index (χ0) is 18.8. The van der Waals surface area contributed by atoms with Gasteiger partial charge in [0.1, 0.15) is 11.1 Å². The van der Waals surface area contributed by atoms with E-state index in [0.717, 1.165) is 75.6 Å². The summed E-state index contributed by atoms with van der Waals surface area (Å²) in [6.45, 7) is 11.4. The van der Waals surface area contributed by atoms with Gasteiger partial charge >= 0.3 is 0 Å². The van der Waals surface area contributed by atoms with Crippen molar-refractivity contribution < 1.29 is 9.47 Å². The topological polar surface area (TPSA) is 62.2 Å². The smallest absolute Gasteiger partial charge is 0.194 e. The monoisotopic (exact) mass is 511 g/mol. The van der Waals surface area contributed by atoms with Gasteiger partial charge in [0.05, 0.1) is 25.5 Å². The summed E-state index contributed by atoms with van der Waals surface area (Å²) in [6.07, 6.45) is 1.11. The number of hydrogen-bond acceptors (Lipinski definition) is 6. The van der Waals surface area contributed by atoms with Gasteiger partial charge < -0.3 is 19.7 Å². The number of halogens is 1. The van der Waals surface area contributed by atoms with E-state index in [-0.39, 0.29) is 30.1 Å². The second-order valence-electron chi connectivity index (χ2n) is 6.45. The van der Waals surface area contributed by atoms with Crippen LogP contribution >= 0.6 is 35.3 Å². The maximum atomic E-state index is 5.39. The van der Waals surface area contributed by atoms with Gasteiger partial charge in [-0.1, -0.05) is 0 Å². The lowest BCUT2D eigenvalue weighted by Crippen LogP contribution is -2.39. The van der Waals surface area contributed by atoms with Crippen molar-refractivity contribution in [3.63, 3.8) is 0 Å². The van der Waals surface area contributed by atoms with E-state index in [1.165, 1.54) is 0 Å². The number of aliphatic imine (C=N–C) groups is 1. The molecule has 27 heavy (non-hydrogen) atoms. The number of nitrogens with one attached hydrogen (secondary N) is 1. The summed E-state index contributed by atoms with van der Waals surface area (Å²) in [5, 5.41) is 6.49. The predicted octanol–water partition coefficient (Wildman–Crippen LogP) is 2.59. The summed E-state index contributed by atoms with van der Waals surface area (Å²) in [4.78, 5) is 14.0. The molecule has 156 valence electrons. The van der Waals surface area contributed by atoms with Crippen LogP contribution in [-0.2, 0) is 16.0 Å². The molecule has 2 rings (SSSR count). The fourth-order valence-electron chi connectivity index (χ4n) is 2.77. The molecule has 0 aliphatic carbocycles. The molecule has 0 spiro atoms. The zero-order valence-electron chi connectivity index (χ0n) is 16.9. The van der Waals surface area contributed by atoms with E-state index in [9.17, 15) is 0 Å². The molecule has 7 nitrogen and oxygen atoms in total. The second kappa shape index (κ2) is 13.6. The molecule has 1 atom stereocenters. The third kappa shape index (κ3) is 8.59. The van der Waals surface area contributed by atoms with Crippen LogP contribution in [0, 0.1) is 0 Å². The summed E-state index contributed by atoms with van der Waals surface area (Å²) >= 11 is 1.65. The molecule has 0 bridgehead atoms. The molecule has 9 heteroatoms. The Hall–Kier alpha value is -0.490. The number of morpholine rings is 1. The second-order valence-corrected chi connectivity index (χ2v) is 7.34. The normalized spacial score (nSPS) is 16.7. The van der Waals surface area contributed by atoms with Crippen LogP contribution in [0.4, 0.5) is 0 Å². The van der Waals surface area contributed by atoms with Gasteiger partial charge in [-0.3, -0.25) is 9.89 Å². The molecule has 1 saturated heterocycles. The molecule has 0 aromatic carbocycles. The number of aromatic nitrogens is 1. The van der Waals surface area contributed by atoms with E-state index < -0.39 is 0 Å². The van der Waals surface area contributed by atoms with Gasteiger partial charge in [0.15, 0.2) is 5.96 Å². The van der Waals surface area contributed by atoms with Crippen molar-refractivity contribution in [3.05, 3.63) is 16.1 Å². The fraction of sp³-hybridized carbons (Fsp3) is 0.778. The Morgan fingerprint density at radius 3 is 2.89 bits per heavy atom. The third-order valence-electron chi connectivity index (χ3n) is 4.36. The van der Waals surface area contributed by atoms with Crippen molar-refractivity contribution in [2.24, 2.45) is 4.99 Å². The average Bonchev–Trinajstić information content (AvgIpc) is 3.12. The van der Waals surface area contributed by atoms with Gasteiger partial charge in [0.25, 0.3) is 0 Å². The van der Waals surface area contributed by atoms with Crippen LogP contribution in [-0.4, -0.2) is 80.8 Å². The molecular weight excluding hydrogens is 477 g/mol. The highest BCUT2D eigenvalue weighted by Gasteiger charge is 2.13. The summed E-state index contributed by atoms with van der Waals surface area (Å²) < 4.78 is 10.7. The van der Waals surface area contributed by atoms with Crippen LogP contribution in [0.15, 0.2) is 10.4 Å². The molecule has 0 amide bonds. The highest BCUT2D eigenvalue weighted by atomic mass is 127. The largest absolute Gasteiger partial charge is 0.379 e. The van der Waals surface area contributed by atoms with Crippen LogP contribution in [0.3, 0.4) is 0 Å². The van der Waals surface area contributed by atoms with E-state index in [4.69, 9.17) is 14.5 Å². The van der Waals surface area contributed by atoms with E-state index in [1.54, 1.807) is 18.4 Å². The highest BCUT2D eigenvalue weighted by molar-refractivity contribution is 14.0. The first-order chi connectivity index (χ1) is 12.6. The first-order valence-corrected chi connectivity index (χ1v) is 10.3. The van der Waals surface area contributed by atoms with E-state index in [2.05, 4.69) is 39.5 Å². The van der Waals surface area contributed by atoms with Crippen molar-refractivity contribution >= 4 is 41.3 Å². The predicted molar refractivity (Wildman–Crippen MR) is 122 cm³/mol. The summed E-state index contributed by atoms with van der Waals surface area (Å²) in [5.74, 6) is 0.934. The molecule has 1 aliphatic rings. The van der Waals surface area contributed by atoms with Gasteiger partial charge in [-0.25, -0.2) is 4.98 Å². The summed E-state index contributed by atoms with van der Waals surface area (Å²) in [6, 6.07) is 0. The Bertz CT molecular complexity index is 552. The number of thiazole rings is 1. The molecule has 2 heterocycles. The van der Waals surface area contributed by atoms with Gasteiger partial charge in [0, 0.05) is 52.3 Å². The van der Waals surface area contributed by atoms with Gasteiger partial charge in [-0.15, -0.1) is 35.3 Å². The number of methoxy groups -OCH3 is 1. The molecule has 1 aromatic rings. The lowest BCUT2D eigenvalue weighted by Gasteiger charge is -2.26. The molecule has 1 aliphatic heterocycles. The Kier molecular flexibility index (Phi) is 12.4. The van der Waals surface area contributed by atoms with Crippen molar-refractivity contribution in [2.75, 3.05) is 60.1 Å². The third-order valence-corrected chi connectivity index (χ3v) is 5.42. The summed E-state index contributed by atoms with van der Waals surface area (Å²) in [5.41, 5.74) is 1.05. The molecular formula is C18H34IN5O2S. The average molecular weight is 511 g/mol. The SMILES string of the molecule is CCNC(=NCCCN1CCOCC1)N(C)Cc1csc(C(C)OC)n1.I. The van der Waals surface area contributed by atoms with Crippen molar-refractivity contribution in [2.45, 2.75) is 32.9 Å². The van der Waals surface area contributed by atoms with Crippen LogP contribution in [0.25, 0.3) is 0 Å². The Morgan fingerprint density at radius 1 is 1.48 bits per heavy atom. The van der Waals surface area contributed by atoms with Crippen molar-refractivity contribution in [3.8, 4) is 0 Å². The Morgan fingerprint density at radius 2 is 2.22 bits per heavy atom. The van der Waals surface area contributed by atoms with Gasteiger partial charge in [-0.05, 0) is 20.3 Å². The number of guanidine groups is 1. The van der Waals surface area contributed by atoms with Gasteiger partial charge in [0.2, 0.25) is 0 Å². The number of ether oxygens (including phenoxy) is 2. The van der Waals surface area contributed by atoms with Crippen LogP contribution in [0.5, 0.6) is 0 Å². The van der Waals surface area contributed by atoms with E-state index in [0.29, 0.717) is 0 Å². The Balaban J connectivity index is 0.00000364. The minimum absolute atomic E-state index is 0. The molecule has 1 N–H and O–H groups in total. The van der Waals surface area contributed by atoms with Crippen molar-refractivity contribution in [1.29, 1.82) is 0 Å². The lowest BCUT2D eigenvalue weighted by atomic mass is 10.3. The van der Waals surface area contributed by atoms with Gasteiger partial charge in [-0.2, -0.15) is 0 Å². The highest BCUT2D eigenvalue weighted by Crippen LogP contribution is 2.20. The Labute approximate surface area is 184 Å². The molecule has 1 fully saturated rings. The maximum Gasteiger partial charge on any atom is 0.194 e. The maximum absolute atomic E-state index is 5.39. The quantitative estimate of drug-likeness (QED) is 0.238. The lowest BCUT2D eigenvalue weighted by molar-refractivity contribution is 0.0377. The molecule has 1 unspecified atom stereocenters. The number of rotatable bonds is 9.